The zero-order valence-electron chi connectivity index (χ0n) is 32.7. The molecule has 262 valence electrons. The molecule has 5 heteroatoms. The minimum Gasteiger partial charge on any atom is -0.505 e. The fourth-order valence-electron chi connectivity index (χ4n) is 5.77. The first-order valence-electron chi connectivity index (χ1n) is 16.8. The van der Waals surface area contributed by atoms with Crippen LogP contribution in [0.25, 0.3) is 0 Å². The molecule has 0 heterocycles. The van der Waals surface area contributed by atoms with Crippen LogP contribution in [0, 0.1) is 0 Å². The third kappa shape index (κ3) is 8.50. The number of rotatable bonds is 3. The van der Waals surface area contributed by atoms with E-state index in [1.54, 1.807) is 0 Å². The second-order valence-corrected chi connectivity index (χ2v) is 19.5. The molecule has 0 radical (unpaired) electrons. The second kappa shape index (κ2) is 12.7. The Morgan fingerprint density at radius 1 is 0.340 bits per heavy atom. The van der Waals surface area contributed by atoms with Gasteiger partial charge in [-0.15, -0.1) is 17.0 Å². The van der Waals surface area contributed by atoms with E-state index in [0.717, 1.165) is 33.4 Å². The molecule has 0 aromatic heterocycles. The quantitative estimate of drug-likeness (QED) is 0.253. The summed E-state index contributed by atoms with van der Waals surface area (Å²) in [6.07, 6.45) is 0. The lowest BCUT2D eigenvalue weighted by Gasteiger charge is -2.36. The van der Waals surface area contributed by atoms with Gasteiger partial charge in [-0.1, -0.05) is 143 Å². The standard InChI is InChI=1S/C42H63NO3.BrH/c1-37(2,3)25-19-28(40(10,11)12)34(44)31(22-25)43(32-23-26(38(4,5)6)20-29(35(32)45)41(13,14)15)33-24-27(39(7,8)9)21-30(36(33)46)42(16,17)18;/h19-24,44-46H,1-18H3;1H. The molecule has 0 amide bonds. The molecule has 4 nitrogen and oxygen atoms in total. The molecule has 0 atom stereocenters. The lowest BCUT2D eigenvalue weighted by atomic mass is 9.78. The molecular formula is C42H64BrNO3. The summed E-state index contributed by atoms with van der Waals surface area (Å²) in [5, 5.41) is 36.9. The number of phenols is 3. The van der Waals surface area contributed by atoms with Crippen LogP contribution in [0.4, 0.5) is 17.1 Å². The predicted octanol–water partition coefficient (Wildman–Crippen LogP) is 12.6. The molecule has 0 bridgehead atoms. The van der Waals surface area contributed by atoms with Crippen molar-refractivity contribution >= 4 is 34.0 Å². The maximum absolute atomic E-state index is 12.3. The van der Waals surface area contributed by atoms with Crippen molar-refractivity contribution in [1.29, 1.82) is 0 Å². The maximum Gasteiger partial charge on any atom is 0.143 e. The van der Waals surface area contributed by atoms with Crippen molar-refractivity contribution in [2.45, 2.75) is 157 Å². The van der Waals surface area contributed by atoms with E-state index in [0.29, 0.717) is 17.1 Å². The van der Waals surface area contributed by atoms with Gasteiger partial charge in [0.2, 0.25) is 0 Å². The zero-order valence-corrected chi connectivity index (χ0v) is 34.4. The summed E-state index contributed by atoms with van der Waals surface area (Å²) in [7, 11) is 0. The van der Waals surface area contributed by atoms with Gasteiger partial charge in [0.25, 0.3) is 0 Å². The average molecular weight is 711 g/mol. The van der Waals surface area contributed by atoms with Crippen molar-refractivity contribution in [3.8, 4) is 17.2 Å². The van der Waals surface area contributed by atoms with E-state index in [1.807, 2.05) is 23.1 Å². The summed E-state index contributed by atoms with van der Waals surface area (Å²) in [6, 6.07) is 12.4. The van der Waals surface area contributed by atoms with Gasteiger partial charge < -0.3 is 15.3 Å². The van der Waals surface area contributed by atoms with Gasteiger partial charge >= 0.3 is 0 Å². The minimum absolute atomic E-state index is 0. The van der Waals surface area contributed by atoms with Gasteiger partial charge in [0.1, 0.15) is 17.2 Å². The molecular weight excluding hydrogens is 646 g/mol. The predicted molar refractivity (Wildman–Crippen MR) is 209 cm³/mol. The van der Waals surface area contributed by atoms with E-state index in [1.165, 1.54) is 0 Å². The van der Waals surface area contributed by atoms with E-state index >= 15 is 0 Å². The van der Waals surface area contributed by atoms with Crippen LogP contribution < -0.4 is 4.90 Å². The highest BCUT2D eigenvalue weighted by Crippen LogP contribution is 2.54. The van der Waals surface area contributed by atoms with E-state index in [4.69, 9.17) is 0 Å². The number of hydrogen-bond donors (Lipinski definition) is 3. The summed E-state index contributed by atoms with van der Waals surface area (Å²) < 4.78 is 0. The van der Waals surface area contributed by atoms with Crippen LogP contribution >= 0.6 is 17.0 Å². The first kappa shape index (κ1) is 40.5. The minimum atomic E-state index is -0.372. The van der Waals surface area contributed by atoms with Crippen molar-refractivity contribution in [2.75, 3.05) is 4.90 Å². The van der Waals surface area contributed by atoms with Crippen molar-refractivity contribution in [1.82, 2.24) is 0 Å². The Balaban J connectivity index is 0.00000768. The Labute approximate surface area is 297 Å². The van der Waals surface area contributed by atoms with E-state index in [-0.39, 0.29) is 66.7 Å². The number of aromatic hydroxyl groups is 3. The molecule has 3 aromatic carbocycles. The Morgan fingerprint density at radius 2 is 0.532 bits per heavy atom. The highest BCUT2D eigenvalue weighted by Gasteiger charge is 2.35. The number of benzene rings is 3. The van der Waals surface area contributed by atoms with Crippen LogP contribution in [0.2, 0.25) is 0 Å². The summed E-state index contributed by atoms with van der Waals surface area (Å²) >= 11 is 0. The van der Waals surface area contributed by atoms with Crippen molar-refractivity contribution in [3.63, 3.8) is 0 Å². The van der Waals surface area contributed by atoms with Crippen LogP contribution in [-0.4, -0.2) is 15.3 Å². The summed E-state index contributed by atoms with van der Waals surface area (Å²) in [4.78, 5) is 1.92. The zero-order chi connectivity index (χ0) is 35.7. The Hall–Kier alpha value is -2.66. The van der Waals surface area contributed by atoms with Crippen molar-refractivity contribution in [2.24, 2.45) is 0 Å². The van der Waals surface area contributed by atoms with Crippen LogP contribution in [0.15, 0.2) is 36.4 Å². The Morgan fingerprint density at radius 3 is 0.681 bits per heavy atom. The first-order chi connectivity index (χ1) is 20.4. The highest BCUT2D eigenvalue weighted by molar-refractivity contribution is 8.93. The van der Waals surface area contributed by atoms with E-state index in [2.05, 4.69) is 143 Å². The molecule has 0 saturated heterocycles. The summed E-state index contributed by atoms with van der Waals surface area (Å²) in [6.45, 7) is 38.5. The van der Waals surface area contributed by atoms with Gasteiger partial charge in [-0.05, 0) is 67.4 Å². The molecule has 0 aliphatic rings. The fourth-order valence-corrected chi connectivity index (χ4v) is 5.77. The van der Waals surface area contributed by atoms with Gasteiger partial charge in [-0.3, -0.25) is 4.90 Å². The van der Waals surface area contributed by atoms with Crippen LogP contribution in [-0.2, 0) is 32.5 Å². The van der Waals surface area contributed by atoms with E-state index in [9.17, 15) is 15.3 Å². The molecule has 3 N–H and O–H groups in total. The number of halogens is 1. The molecule has 0 aliphatic heterocycles. The molecule has 3 rings (SSSR count). The topological polar surface area (TPSA) is 63.9 Å². The van der Waals surface area contributed by atoms with E-state index < -0.39 is 0 Å². The van der Waals surface area contributed by atoms with Crippen LogP contribution in [0.1, 0.15) is 158 Å². The molecule has 0 unspecified atom stereocenters. The smallest absolute Gasteiger partial charge is 0.143 e. The molecule has 0 aliphatic carbocycles. The van der Waals surface area contributed by atoms with Crippen molar-refractivity contribution in [3.05, 3.63) is 69.8 Å². The summed E-state index contributed by atoms with van der Waals surface area (Å²) in [5.41, 5.74) is 5.38. The van der Waals surface area contributed by atoms with Gasteiger partial charge in [0, 0.05) is 16.7 Å². The largest absolute Gasteiger partial charge is 0.505 e. The third-order valence-corrected chi connectivity index (χ3v) is 9.01. The average Bonchev–Trinajstić information content (AvgIpc) is 2.82. The summed E-state index contributed by atoms with van der Waals surface area (Å²) in [5.74, 6) is 0.406. The molecule has 3 aromatic rings. The molecule has 0 spiro atoms. The van der Waals surface area contributed by atoms with Crippen LogP contribution in [0.5, 0.6) is 17.2 Å². The molecule has 47 heavy (non-hydrogen) atoms. The molecule has 0 fully saturated rings. The third-order valence-electron chi connectivity index (χ3n) is 9.01. The lowest BCUT2D eigenvalue weighted by molar-refractivity contribution is 0.439. The number of nitrogens with zero attached hydrogens (tertiary/aromatic N) is 1. The maximum atomic E-state index is 12.3. The Bertz CT molecular complexity index is 1420. The van der Waals surface area contributed by atoms with Crippen molar-refractivity contribution < 1.29 is 15.3 Å². The first-order valence-corrected chi connectivity index (χ1v) is 16.8. The fraction of sp³-hybridized carbons (Fsp3) is 0.571. The van der Waals surface area contributed by atoms with Crippen LogP contribution in [0.3, 0.4) is 0 Å². The molecule has 0 saturated carbocycles. The lowest BCUT2D eigenvalue weighted by Crippen LogP contribution is -2.23. The van der Waals surface area contributed by atoms with Gasteiger partial charge in [-0.25, -0.2) is 0 Å². The van der Waals surface area contributed by atoms with Gasteiger partial charge in [0.15, 0.2) is 0 Å². The van der Waals surface area contributed by atoms with Gasteiger partial charge in [0.05, 0.1) is 17.1 Å². The second-order valence-electron chi connectivity index (χ2n) is 19.5. The number of anilines is 3. The van der Waals surface area contributed by atoms with Gasteiger partial charge in [-0.2, -0.15) is 0 Å². The SMILES string of the molecule is Br.CC(C)(C)c1cc(N(c2cc(C(C)(C)C)cc(C(C)(C)C)c2O)c2cc(C(C)(C)C)cc(C(C)(C)C)c2O)c(O)c(C(C)(C)C)c1. The highest BCUT2D eigenvalue weighted by atomic mass is 79.9. The Kier molecular flexibility index (Phi) is 10.9. The number of hydrogen-bond acceptors (Lipinski definition) is 4. The number of phenolic OH excluding ortho intramolecular Hbond substituents is 3. The monoisotopic (exact) mass is 709 g/mol. The normalized spacial score (nSPS) is 13.4.